The minimum Gasteiger partial charge on any atom is -0.366 e. The summed E-state index contributed by atoms with van der Waals surface area (Å²) in [7, 11) is 0. The van der Waals surface area contributed by atoms with E-state index in [9.17, 15) is 14.0 Å². The van der Waals surface area contributed by atoms with Gasteiger partial charge < -0.3 is 11.1 Å². The normalized spacial score (nSPS) is 10.5. The second-order valence-electron chi connectivity index (χ2n) is 5.34. The van der Waals surface area contributed by atoms with Crippen molar-refractivity contribution in [2.24, 2.45) is 5.73 Å². The van der Waals surface area contributed by atoms with E-state index in [1.54, 1.807) is 53.4 Å². The van der Waals surface area contributed by atoms with E-state index in [1.165, 1.54) is 23.9 Å². The summed E-state index contributed by atoms with van der Waals surface area (Å²) in [5.74, 6) is -0.966. The SMILES string of the molecule is NC(=O)c1ccc(NC(=O)CSc2nccn2-c2cccc(F)c2)cc1. The van der Waals surface area contributed by atoms with Gasteiger partial charge in [-0.2, -0.15) is 0 Å². The van der Waals surface area contributed by atoms with Crippen LogP contribution in [0.4, 0.5) is 10.1 Å². The number of nitrogens with one attached hydrogen (secondary N) is 1. The molecular formula is C18H15FN4O2S. The van der Waals surface area contributed by atoms with Crippen LogP contribution in [0, 0.1) is 5.82 Å². The van der Waals surface area contributed by atoms with Gasteiger partial charge in [0.2, 0.25) is 11.8 Å². The van der Waals surface area contributed by atoms with Crippen molar-refractivity contribution in [2.45, 2.75) is 5.16 Å². The first-order valence-corrected chi connectivity index (χ1v) is 8.63. The van der Waals surface area contributed by atoms with Gasteiger partial charge in [0, 0.05) is 23.6 Å². The number of anilines is 1. The van der Waals surface area contributed by atoms with Gasteiger partial charge in [0.25, 0.3) is 0 Å². The Morgan fingerprint density at radius 3 is 2.65 bits per heavy atom. The first kappa shape index (κ1) is 17.7. The molecule has 2 amide bonds. The molecule has 1 heterocycles. The largest absolute Gasteiger partial charge is 0.366 e. The van der Waals surface area contributed by atoms with Crippen LogP contribution in [0.3, 0.4) is 0 Å². The molecule has 132 valence electrons. The zero-order valence-corrected chi connectivity index (χ0v) is 14.4. The topological polar surface area (TPSA) is 90.0 Å². The maximum absolute atomic E-state index is 13.4. The average Bonchev–Trinajstić information content (AvgIpc) is 3.09. The maximum Gasteiger partial charge on any atom is 0.248 e. The highest BCUT2D eigenvalue weighted by Gasteiger charge is 2.10. The number of halogens is 1. The van der Waals surface area contributed by atoms with Crippen LogP contribution in [0.15, 0.2) is 66.1 Å². The number of nitrogens with two attached hydrogens (primary N) is 1. The summed E-state index contributed by atoms with van der Waals surface area (Å²) in [5, 5.41) is 3.31. The van der Waals surface area contributed by atoms with Gasteiger partial charge in [0.1, 0.15) is 5.82 Å². The summed E-state index contributed by atoms with van der Waals surface area (Å²) in [6, 6.07) is 12.4. The Morgan fingerprint density at radius 1 is 1.19 bits per heavy atom. The zero-order chi connectivity index (χ0) is 18.5. The molecule has 0 aliphatic carbocycles. The summed E-state index contributed by atoms with van der Waals surface area (Å²) in [6.45, 7) is 0. The molecule has 0 radical (unpaired) electrons. The number of benzene rings is 2. The molecule has 26 heavy (non-hydrogen) atoms. The minimum atomic E-state index is -0.525. The van der Waals surface area contributed by atoms with Crippen LogP contribution in [0.5, 0.6) is 0 Å². The van der Waals surface area contributed by atoms with Crippen molar-refractivity contribution in [3.05, 3.63) is 72.3 Å². The van der Waals surface area contributed by atoms with Gasteiger partial charge in [-0.15, -0.1) is 0 Å². The first-order chi connectivity index (χ1) is 12.5. The van der Waals surface area contributed by atoms with Gasteiger partial charge in [0.15, 0.2) is 5.16 Å². The Labute approximate surface area is 153 Å². The lowest BCUT2D eigenvalue weighted by Crippen LogP contribution is -2.15. The van der Waals surface area contributed by atoms with Gasteiger partial charge >= 0.3 is 0 Å². The van der Waals surface area contributed by atoms with Gasteiger partial charge in [-0.05, 0) is 42.5 Å². The van der Waals surface area contributed by atoms with Crippen molar-refractivity contribution in [3.63, 3.8) is 0 Å². The van der Waals surface area contributed by atoms with E-state index in [0.29, 0.717) is 22.1 Å². The fourth-order valence-electron chi connectivity index (χ4n) is 2.26. The van der Waals surface area contributed by atoms with Gasteiger partial charge in [-0.25, -0.2) is 9.37 Å². The van der Waals surface area contributed by atoms with Gasteiger partial charge in [-0.1, -0.05) is 17.8 Å². The molecule has 0 atom stereocenters. The number of nitrogens with zero attached hydrogens (tertiary/aromatic N) is 2. The fourth-order valence-corrected chi connectivity index (χ4v) is 3.04. The number of hydrogen-bond donors (Lipinski definition) is 2. The second-order valence-corrected chi connectivity index (χ2v) is 6.28. The fraction of sp³-hybridized carbons (Fsp3) is 0.0556. The quantitative estimate of drug-likeness (QED) is 0.653. The molecule has 0 spiro atoms. The second kappa shape index (κ2) is 7.83. The van der Waals surface area contributed by atoms with Gasteiger partial charge in [-0.3, -0.25) is 14.2 Å². The van der Waals surface area contributed by atoms with Crippen LogP contribution >= 0.6 is 11.8 Å². The van der Waals surface area contributed by atoms with Crippen molar-refractivity contribution >= 4 is 29.3 Å². The molecular weight excluding hydrogens is 355 g/mol. The number of rotatable bonds is 6. The van der Waals surface area contributed by atoms with Crippen LogP contribution in [-0.2, 0) is 4.79 Å². The summed E-state index contributed by atoms with van der Waals surface area (Å²) in [4.78, 5) is 27.3. The number of carbonyl (C=O) groups excluding carboxylic acids is 2. The van der Waals surface area contributed by atoms with E-state index in [2.05, 4.69) is 10.3 Å². The lowest BCUT2D eigenvalue weighted by Gasteiger charge is -2.08. The van der Waals surface area contributed by atoms with E-state index in [-0.39, 0.29) is 17.5 Å². The monoisotopic (exact) mass is 370 g/mol. The molecule has 3 N–H and O–H groups in total. The molecule has 0 saturated carbocycles. The number of carbonyl (C=O) groups is 2. The third-order valence-electron chi connectivity index (χ3n) is 3.48. The smallest absolute Gasteiger partial charge is 0.248 e. The predicted octanol–water partition coefficient (Wildman–Crippen LogP) is 2.84. The highest BCUT2D eigenvalue weighted by molar-refractivity contribution is 7.99. The lowest BCUT2D eigenvalue weighted by molar-refractivity contribution is -0.113. The van der Waals surface area contributed by atoms with Crippen LogP contribution < -0.4 is 11.1 Å². The standard InChI is InChI=1S/C18H15FN4O2S/c19-13-2-1-3-15(10-13)23-9-8-21-18(23)26-11-16(24)22-14-6-4-12(5-7-14)17(20)25/h1-10H,11H2,(H2,20,25)(H,22,24). The van der Waals surface area contributed by atoms with Crippen molar-refractivity contribution in [1.29, 1.82) is 0 Å². The number of primary amides is 1. The van der Waals surface area contributed by atoms with Crippen LogP contribution in [0.25, 0.3) is 5.69 Å². The van der Waals surface area contributed by atoms with Crippen molar-refractivity contribution in [1.82, 2.24) is 9.55 Å². The van der Waals surface area contributed by atoms with Crippen molar-refractivity contribution in [3.8, 4) is 5.69 Å². The number of aromatic nitrogens is 2. The van der Waals surface area contributed by atoms with E-state index in [0.717, 1.165) is 0 Å². The molecule has 8 heteroatoms. The molecule has 2 aromatic carbocycles. The van der Waals surface area contributed by atoms with E-state index in [1.807, 2.05) is 0 Å². The number of imidazole rings is 1. The highest BCUT2D eigenvalue weighted by Crippen LogP contribution is 2.21. The molecule has 0 fully saturated rings. The van der Waals surface area contributed by atoms with Gasteiger partial charge in [0.05, 0.1) is 11.4 Å². The Kier molecular flexibility index (Phi) is 5.33. The minimum absolute atomic E-state index is 0.129. The van der Waals surface area contributed by atoms with Crippen molar-refractivity contribution < 1.29 is 14.0 Å². The molecule has 0 aliphatic heterocycles. The Hall–Kier alpha value is -3.13. The summed E-state index contributed by atoms with van der Waals surface area (Å²) >= 11 is 1.23. The molecule has 1 aromatic heterocycles. The maximum atomic E-state index is 13.4. The molecule has 0 bridgehead atoms. The first-order valence-electron chi connectivity index (χ1n) is 7.65. The Balaban J connectivity index is 1.62. The summed E-state index contributed by atoms with van der Waals surface area (Å²) < 4.78 is 15.1. The third kappa shape index (κ3) is 4.28. The highest BCUT2D eigenvalue weighted by atomic mass is 32.2. The Morgan fingerprint density at radius 2 is 1.96 bits per heavy atom. The van der Waals surface area contributed by atoms with Crippen LogP contribution in [0.1, 0.15) is 10.4 Å². The summed E-state index contributed by atoms with van der Waals surface area (Å²) in [5.41, 5.74) is 6.74. The van der Waals surface area contributed by atoms with E-state index < -0.39 is 5.91 Å². The number of thioether (sulfide) groups is 1. The predicted molar refractivity (Wildman–Crippen MR) is 97.8 cm³/mol. The average molecular weight is 370 g/mol. The van der Waals surface area contributed by atoms with Crippen molar-refractivity contribution in [2.75, 3.05) is 11.1 Å². The lowest BCUT2D eigenvalue weighted by atomic mass is 10.2. The molecule has 0 aliphatic rings. The molecule has 0 saturated heterocycles. The zero-order valence-electron chi connectivity index (χ0n) is 13.6. The molecule has 6 nitrogen and oxygen atoms in total. The molecule has 3 aromatic rings. The number of hydrogen-bond acceptors (Lipinski definition) is 4. The molecule has 0 unspecified atom stereocenters. The molecule has 3 rings (SSSR count). The number of amides is 2. The third-order valence-corrected chi connectivity index (χ3v) is 4.45. The van der Waals surface area contributed by atoms with Crippen LogP contribution in [-0.4, -0.2) is 27.1 Å². The Bertz CT molecular complexity index is 940. The summed E-state index contributed by atoms with van der Waals surface area (Å²) in [6.07, 6.45) is 3.30. The van der Waals surface area contributed by atoms with Crippen LogP contribution in [0.2, 0.25) is 0 Å². The van der Waals surface area contributed by atoms with E-state index >= 15 is 0 Å². The van der Waals surface area contributed by atoms with E-state index in [4.69, 9.17) is 5.73 Å².